The van der Waals surface area contributed by atoms with Crippen molar-refractivity contribution in [2.75, 3.05) is 25.5 Å². The molecule has 1 aliphatic rings. The molecular weight excluding hydrogens is 349 g/mol. The van der Waals surface area contributed by atoms with Gasteiger partial charge in [-0.05, 0) is 12.3 Å². The number of alkyl halides is 3. The molecule has 1 unspecified atom stereocenters. The standard InChI is InChI=1S/C17H25F3N4O2/c1-5-14(26-4)16(25)24-7-11(17(18,19)20)13(8-24)23-15-6-12(10(2)3)21-9-22-15/h6,9-11,13-14H,5,7-8H2,1-4H3,(H,21,22,23)/t11-,13-,14?/m1/s1. The second-order valence-corrected chi connectivity index (χ2v) is 6.76. The first-order valence-corrected chi connectivity index (χ1v) is 8.64. The van der Waals surface area contributed by atoms with Crippen LogP contribution >= 0.6 is 0 Å². The van der Waals surface area contributed by atoms with Crippen LogP contribution in [0, 0.1) is 5.92 Å². The van der Waals surface area contributed by atoms with E-state index in [0.29, 0.717) is 12.2 Å². The van der Waals surface area contributed by atoms with Crippen molar-refractivity contribution in [1.82, 2.24) is 14.9 Å². The number of aromatic nitrogens is 2. The van der Waals surface area contributed by atoms with Crippen molar-refractivity contribution in [3.63, 3.8) is 0 Å². The molecule has 1 amide bonds. The molecule has 2 rings (SSSR count). The van der Waals surface area contributed by atoms with Crippen LogP contribution in [0.4, 0.5) is 19.0 Å². The molecule has 1 aromatic heterocycles. The van der Waals surface area contributed by atoms with E-state index in [1.54, 1.807) is 13.0 Å². The average Bonchev–Trinajstić information content (AvgIpc) is 3.00. The lowest BCUT2D eigenvalue weighted by atomic mass is 10.0. The molecule has 1 aliphatic heterocycles. The van der Waals surface area contributed by atoms with E-state index >= 15 is 0 Å². The van der Waals surface area contributed by atoms with E-state index in [0.717, 1.165) is 5.69 Å². The third-order valence-corrected chi connectivity index (χ3v) is 4.60. The molecule has 1 N–H and O–H groups in total. The highest BCUT2D eigenvalue weighted by molar-refractivity contribution is 5.81. The second-order valence-electron chi connectivity index (χ2n) is 6.76. The summed E-state index contributed by atoms with van der Waals surface area (Å²) in [6, 6.07) is 0.676. The van der Waals surface area contributed by atoms with Crippen molar-refractivity contribution in [2.45, 2.75) is 51.4 Å². The van der Waals surface area contributed by atoms with Gasteiger partial charge in [0.1, 0.15) is 18.2 Å². The molecule has 146 valence electrons. The number of hydrogen-bond acceptors (Lipinski definition) is 5. The van der Waals surface area contributed by atoms with Crippen molar-refractivity contribution >= 4 is 11.7 Å². The van der Waals surface area contributed by atoms with Crippen molar-refractivity contribution in [3.8, 4) is 0 Å². The predicted octanol–water partition coefficient (Wildman–Crippen LogP) is 2.83. The predicted molar refractivity (Wildman–Crippen MR) is 90.7 cm³/mol. The molecule has 26 heavy (non-hydrogen) atoms. The van der Waals surface area contributed by atoms with Crippen LogP contribution in [0.2, 0.25) is 0 Å². The fourth-order valence-corrected chi connectivity index (χ4v) is 3.06. The van der Waals surface area contributed by atoms with Gasteiger partial charge in [-0.25, -0.2) is 9.97 Å². The minimum atomic E-state index is -4.42. The Morgan fingerprint density at radius 3 is 2.62 bits per heavy atom. The topological polar surface area (TPSA) is 67.3 Å². The third kappa shape index (κ3) is 4.63. The summed E-state index contributed by atoms with van der Waals surface area (Å²) < 4.78 is 45.5. The van der Waals surface area contributed by atoms with E-state index in [2.05, 4.69) is 15.3 Å². The van der Waals surface area contributed by atoms with Gasteiger partial charge < -0.3 is 15.0 Å². The number of hydrogen-bond donors (Lipinski definition) is 1. The number of amides is 1. The molecule has 0 saturated carbocycles. The van der Waals surface area contributed by atoms with Crippen LogP contribution in [0.25, 0.3) is 0 Å². The van der Waals surface area contributed by atoms with Crippen molar-refractivity contribution in [2.24, 2.45) is 5.92 Å². The summed E-state index contributed by atoms with van der Waals surface area (Å²) in [6.07, 6.45) is -3.41. The van der Waals surface area contributed by atoms with E-state index in [9.17, 15) is 18.0 Å². The van der Waals surface area contributed by atoms with Crippen molar-refractivity contribution in [3.05, 3.63) is 18.1 Å². The molecular formula is C17H25F3N4O2. The molecule has 0 aliphatic carbocycles. The number of anilines is 1. The Kier molecular flexibility index (Phi) is 6.44. The van der Waals surface area contributed by atoms with Gasteiger partial charge in [-0.15, -0.1) is 0 Å². The summed E-state index contributed by atoms with van der Waals surface area (Å²) in [7, 11) is 1.38. The lowest BCUT2D eigenvalue weighted by Gasteiger charge is -2.22. The maximum atomic E-state index is 13.5. The lowest BCUT2D eigenvalue weighted by Crippen LogP contribution is -2.39. The van der Waals surface area contributed by atoms with Gasteiger partial charge in [-0.2, -0.15) is 13.2 Å². The largest absolute Gasteiger partial charge is 0.395 e. The number of nitrogens with one attached hydrogen (secondary N) is 1. The highest BCUT2D eigenvalue weighted by Gasteiger charge is 2.51. The summed E-state index contributed by atoms with van der Waals surface area (Å²) in [5.41, 5.74) is 0.738. The summed E-state index contributed by atoms with van der Waals surface area (Å²) in [6.45, 7) is 5.20. The molecule has 0 aromatic carbocycles. The number of ether oxygens (including phenoxy) is 1. The SMILES string of the molecule is CCC(OC)C(=O)N1C[C@@H](C(F)(F)F)[C@H](Nc2cc(C(C)C)ncn2)C1. The maximum absolute atomic E-state index is 13.5. The fourth-order valence-electron chi connectivity index (χ4n) is 3.06. The van der Waals surface area contributed by atoms with E-state index in [1.165, 1.54) is 18.3 Å². The normalized spacial score (nSPS) is 21.9. The molecule has 6 nitrogen and oxygen atoms in total. The van der Waals surface area contributed by atoms with Crippen molar-refractivity contribution in [1.29, 1.82) is 0 Å². The van der Waals surface area contributed by atoms with E-state index in [4.69, 9.17) is 4.74 Å². The number of methoxy groups -OCH3 is 1. The Morgan fingerprint density at radius 2 is 2.08 bits per heavy atom. The van der Waals surface area contributed by atoms with Crippen LogP contribution in [0.15, 0.2) is 12.4 Å². The summed E-state index contributed by atoms with van der Waals surface area (Å²) >= 11 is 0. The molecule has 1 saturated heterocycles. The molecule has 2 heterocycles. The van der Waals surface area contributed by atoms with E-state index in [1.807, 2.05) is 13.8 Å². The summed E-state index contributed by atoms with van der Waals surface area (Å²) in [4.78, 5) is 21.8. The van der Waals surface area contributed by atoms with Gasteiger partial charge in [-0.1, -0.05) is 20.8 Å². The first kappa shape index (κ1) is 20.4. The number of carbonyl (C=O) groups is 1. The Labute approximate surface area is 151 Å². The summed E-state index contributed by atoms with van der Waals surface area (Å²) in [5, 5.41) is 2.85. The van der Waals surface area contributed by atoms with Crippen LogP contribution in [-0.4, -0.2) is 59.3 Å². The number of halogens is 3. The zero-order valence-corrected chi connectivity index (χ0v) is 15.4. The Bertz CT molecular complexity index is 620. The van der Waals surface area contributed by atoms with Crippen LogP contribution < -0.4 is 5.32 Å². The highest BCUT2D eigenvalue weighted by Crippen LogP contribution is 2.35. The number of carbonyl (C=O) groups excluding carboxylic acids is 1. The first-order chi connectivity index (χ1) is 12.2. The maximum Gasteiger partial charge on any atom is 0.395 e. The number of likely N-dealkylation sites (tertiary alicyclic amines) is 1. The van der Waals surface area contributed by atoms with Gasteiger partial charge in [0.25, 0.3) is 5.91 Å². The first-order valence-electron chi connectivity index (χ1n) is 8.64. The number of nitrogens with zero attached hydrogens (tertiary/aromatic N) is 3. The fraction of sp³-hybridized carbons (Fsp3) is 0.706. The molecule has 9 heteroatoms. The number of rotatable bonds is 6. The quantitative estimate of drug-likeness (QED) is 0.829. The monoisotopic (exact) mass is 374 g/mol. The zero-order chi connectivity index (χ0) is 19.5. The minimum Gasteiger partial charge on any atom is -0.372 e. The van der Waals surface area contributed by atoms with Crippen molar-refractivity contribution < 1.29 is 22.7 Å². The van der Waals surface area contributed by atoms with Gasteiger partial charge in [0.15, 0.2) is 0 Å². The summed E-state index contributed by atoms with van der Waals surface area (Å²) in [5.74, 6) is -1.63. The molecule has 3 atom stereocenters. The second kappa shape index (κ2) is 8.20. The van der Waals surface area contributed by atoms with Gasteiger partial charge in [0.2, 0.25) is 0 Å². The van der Waals surface area contributed by atoms with E-state index < -0.39 is 30.1 Å². The third-order valence-electron chi connectivity index (χ3n) is 4.60. The molecule has 0 spiro atoms. The lowest BCUT2D eigenvalue weighted by molar-refractivity contribution is -0.173. The highest BCUT2D eigenvalue weighted by atomic mass is 19.4. The minimum absolute atomic E-state index is 0.0517. The zero-order valence-electron chi connectivity index (χ0n) is 15.4. The van der Waals surface area contributed by atoms with Crippen LogP contribution in [0.5, 0.6) is 0 Å². The van der Waals surface area contributed by atoms with E-state index in [-0.39, 0.29) is 19.0 Å². The molecule has 1 fully saturated rings. The Balaban J connectivity index is 2.19. The smallest absolute Gasteiger partial charge is 0.372 e. The molecule has 1 aromatic rings. The van der Waals surface area contributed by atoms with Crippen LogP contribution in [-0.2, 0) is 9.53 Å². The van der Waals surface area contributed by atoms with Crippen LogP contribution in [0.1, 0.15) is 38.8 Å². The van der Waals surface area contributed by atoms with Gasteiger partial charge in [0.05, 0.1) is 12.0 Å². The molecule has 0 radical (unpaired) electrons. The van der Waals surface area contributed by atoms with Crippen LogP contribution in [0.3, 0.4) is 0 Å². The average molecular weight is 374 g/mol. The van der Waals surface area contributed by atoms with Gasteiger partial charge in [-0.3, -0.25) is 4.79 Å². The van der Waals surface area contributed by atoms with Gasteiger partial charge in [0, 0.05) is 32.0 Å². The molecule has 0 bridgehead atoms. The van der Waals surface area contributed by atoms with Gasteiger partial charge >= 0.3 is 6.18 Å². The Hall–Kier alpha value is -1.90. The Morgan fingerprint density at radius 1 is 1.38 bits per heavy atom.